The molecule has 2 heteroatoms. The van der Waals surface area contributed by atoms with Crippen LogP contribution >= 0.6 is 0 Å². The molecule has 1 aromatic carbocycles. The molecule has 98 valence electrons. The molecule has 2 nitrogen and oxygen atoms in total. The summed E-state index contributed by atoms with van der Waals surface area (Å²) in [5, 5.41) is 4.73. The molecular formula is C16H24N2. The first-order chi connectivity index (χ1) is 8.74. The third-order valence-electron chi connectivity index (χ3n) is 3.62. The van der Waals surface area contributed by atoms with Crippen LogP contribution in [0.5, 0.6) is 0 Å². The molecule has 0 fully saturated rings. The van der Waals surface area contributed by atoms with Gasteiger partial charge in [-0.1, -0.05) is 39.3 Å². The monoisotopic (exact) mass is 244 g/mol. The summed E-state index contributed by atoms with van der Waals surface area (Å²) in [5.74, 6) is 0.734. The quantitative estimate of drug-likeness (QED) is 0.818. The molecule has 0 radical (unpaired) electrons. The fourth-order valence-electron chi connectivity index (χ4n) is 2.23. The lowest BCUT2D eigenvalue weighted by Crippen LogP contribution is -2.11. The molecule has 0 bridgehead atoms. The molecule has 2 aromatic rings. The second kappa shape index (κ2) is 6.05. The number of aromatic nitrogens is 1. The second-order valence-corrected chi connectivity index (χ2v) is 5.16. The molecule has 1 unspecified atom stereocenters. The first-order valence-electron chi connectivity index (χ1n) is 7.03. The van der Waals surface area contributed by atoms with E-state index < -0.39 is 0 Å². The number of hydrogen-bond donors (Lipinski definition) is 1. The summed E-state index contributed by atoms with van der Waals surface area (Å²) in [6.07, 6.45) is 3.45. The van der Waals surface area contributed by atoms with Crippen molar-refractivity contribution in [1.29, 1.82) is 0 Å². The van der Waals surface area contributed by atoms with E-state index in [1.54, 1.807) is 0 Å². The van der Waals surface area contributed by atoms with Crippen molar-refractivity contribution in [3.8, 4) is 0 Å². The first-order valence-corrected chi connectivity index (χ1v) is 7.03. The average Bonchev–Trinajstić information content (AvgIpc) is 2.79. The maximum absolute atomic E-state index is 3.38. The van der Waals surface area contributed by atoms with E-state index in [-0.39, 0.29) is 0 Å². The van der Waals surface area contributed by atoms with Crippen molar-refractivity contribution in [2.24, 2.45) is 5.92 Å². The molecule has 0 saturated heterocycles. The summed E-state index contributed by atoms with van der Waals surface area (Å²) < 4.78 is 2.39. The normalized spacial score (nSPS) is 13.1. The van der Waals surface area contributed by atoms with Gasteiger partial charge in [0, 0.05) is 24.8 Å². The summed E-state index contributed by atoms with van der Waals surface area (Å²) in [4.78, 5) is 0. The van der Waals surface area contributed by atoms with Crippen LogP contribution in [0, 0.1) is 5.92 Å². The van der Waals surface area contributed by atoms with E-state index in [4.69, 9.17) is 0 Å². The van der Waals surface area contributed by atoms with Gasteiger partial charge in [-0.15, -0.1) is 0 Å². The second-order valence-electron chi connectivity index (χ2n) is 5.16. The fourth-order valence-corrected chi connectivity index (χ4v) is 2.23. The van der Waals surface area contributed by atoms with Gasteiger partial charge in [-0.25, -0.2) is 0 Å². The van der Waals surface area contributed by atoms with E-state index in [9.17, 15) is 0 Å². The Morgan fingerprint density at radius 1 is 1.22 bits per heavy atom. The SMILES string of the molecule is CCNCc1ccc2ccn(CC(C)CC)c2c1. The van der Waals surface area contributed by atoms with Gasteiger partial charge in [0.15, 0.2) is 0 Å². The van der Waals surface area contributed by atoms with E-state index >= 15 is 0 Å². The van der Waals surface area contributed by atoms with Crippen LogP contribution in [0.2, 0.25) is 0 Å². The van der Waals surface area contributed by atoms with E-state index in [0.717, 1.165) is 25.6 Å². The van der Waals surface area contributed by atoms with Crippen molar-refractivity contribution < 1.29 is 0 Å². The summed E-state index contributed by atoms with van der Waals surface area (Å²) in [7, 11) is 0. The maximum Gasteiger partial charge on any atom is 0.0483 e. The summed E-state index contributed by atoms with van der Waals surface area (Å²) >= 11 is 0. The van der Waals surface area contributed by atoms with Crippen LogP contribution in [0.25, 0.3) is 10.9 Å². The Hall–Kier alpha value is -1.28. The van der Waals surface area contributed by atoms with Gasteiger partial charge in [-0.05, 0) is 35.5 Å². The first kappa shape index (κ1) is 13.2. The Kier molecular flexibility index (Phi) is 4.43. The molecule has 18 heavy (non-hydrogen) atoms. The number of fused-ring (bicyclic) bond motifs is 1. The zero-order chi connectivity index (χ0) is 13.0. The topological polar surface area (TPSA) is 17.0 Å². The van der Waals surface area contributed by atoms with Gasteiger partial charge in [0.2, 0.25) is 0 Å². The minimum atomic E-state index is 0.734. The molecule has 0 spiro atoms. The van der Waals surface area contributed by atoms with Crippen LogP contribution in [0.15, 0.2) is 30.5 Å². The molecule has 1 atom stereocenters. The molecule has 0 aliphatic rings. The molecule has 2 rings (SSSR count). The lowest BCUT2D eigenvalue weighted by atomic mass is 10.1. The highest BCUT2D eigenvalue weighted by atomic mass is 15.0. The Labute approximate surface area is 110 Å². The number of rotatable bonds is 6. The molecule has 0 amide bonds. The number of nitrogens with zero attached hydrogens (tertiary/aromatic N) is 1. The van der Waals surface area contributed by atoms with Crippen LogP contribution in [0.3, 0.4) is 0 Å². The van der Waals surface area contributed by atoms with Crippen molar-refractivity contribution in [3.05, 3.63) is 36.0 Å². The Morgan fingerprint density at radius 2 is 2.06 bits per heavy atom. The third-order valence-corrected chi connectivity index (χ3v) is 3.62. The molecular weight excluding hydrogens is 220 g/mol. The maximum atomic E-state index is 3.38. The van der Waals surface area contributed by atoms with Crippen molar-refractivity contribution in [3.63, 3.8) is 0 Å². The van der Waals surface area contributed by atoms with Crippen molar-refractivity contribution >= 4 is 10.9 Å². The van der Waals surface area contributed by atoms with Gasteiger partial charge in [0.05, 0.1) is 0 Å². The van der Waals surface area contributed by atoms with E-state index in [1.807, 2.05) is 0 Å². The van der Waals surface area contributed by atoms with Gasteiger partial charge >= 0.3 is 0 Å². The molecule has 0 saturated carbocycles. The van der Waals surface area contributed by atoms with Gasteiger partial charge in [-0.2, -0.15) is 0 Å². The van der Waals surface area contributed by atoms with Crippen molar-refractivity contribution in [2.75, 3.05) is 6.54 Å². The average molecular weight is 244 g/mol. The largest absolute Gasteiger partial charge is 0.347 e. The fraction of sp³-hybridized carbons (Fsp3) is 0.500. The number of nitrogens with one attached hydrogen (secondary N) is 1. The standard InChI is InChI=1S/C16H24N2/c1-4-13(3)12-18-9-8-15-7-6-14(10-16(15)18)11-17-5-2/h6-10,13,17H,4-5,11-12H2,1-3H3. The van der Waals surface area contributed by atoms with E-state index in [0.29, 0.717) is 0 Å². The Balaban J connectivity index is 2.25. The van der Waals surface area contributed by atoms with E-state index in [1.165, 1.54) is 22.9 Å². The third kappa shape index (κ3) is 2.94. The zero-order valence-corrected chi connectivity index (χ0v) is 11.7. The Morgan fingerprint density at radius 3 is 2.78 bits per heavy atom. The van der Waals surface area contributed by atoms with Crippen LogP contribution in [-0.4, -0.2) is 11.1 Å². The zero-order valence-electron chi connectivity index (χ0n) is 11.7. The van der Waals surface area contributed by atoms with Crippen LogP contribution < -0.4 is 5.32 Å². The summed E-state index contributed by atoms with van der Waals surface area (Å²) in [6, 6.07) is 8.99. The predicted molar refractivity (Wildman–Crippen MR) is 78.8 cm³/mol. The van der Waals surface area contributed by atoms with Gasteiger partial charge < -0.3 is 9.88 Å². The lowest BCUT2D eigenvalue weighted by molar-refractivity contribution is 0.477. The highest BCUT2D eigenvalue weighted by Crippen LogP contribution is 2.19. The Bertz CT molecular complexity index is 499. The van der Waals surface area contributed by atoms with Crippen LogP contribution in [0.1, 0.15) is 32.8 Å². The molecule has 1 N–H and O–H groups in total. The van der Waals surface area contributed by atoms with Crippen molar-refractivity contribution in [2.45, 2.75) is 40.3 Å². The highest BCUT2D eigenvalue weighted by Gasteiger charge is 2.05. The van der Waals surface area contributed by atoms with Crippen molar-refractivity contribution in [1.82, 2.24) is 9.88 Å². The van der Waals surface area contributed by atoms with Gasteiger partial charge in [0.25, 0.3) is 0 Å². The molecule has 0 aliphatic heterocycles. The van der Waals surface area contributed by atoms with Gasteiger partial charge in [-0.3, -0.25) is 0 Å². The minimum absolute atomic E-state index is 0.734. The molecule has 0 aliphatic carbocycles. The predicted octanol–water partition coefficient (Wildman–Crippen LogP) is 3.80. The lowest BCUT2D eigenvalue weighted by Gasteiger charge is -2.12. The van der Waals surface area contributed by atoms with Gasteiger partial charge in [0.1, 0.15) is 0 Å². The molecule has 1 aromatic heterocycles. The number of hydrogen-bond acceptors (Lipinski definition) is 1. The molecule has 1 heterocycles. The summed E-state index contributed by atoms with van der Waals surface area (Å²) in [5.41, 5.74) is 2.74. The van der Waals surface area contributed by atoms with E-state index in [2.05, 4.69) is 61.1 Å². The minimum Gasteiger partial charge on any atom is -0.347 e. The highest BCUT2D eigenvalue weighted by molar-refractivity contribution is 5.80. The number of benzene rings is 1. The van der Waals surface area contributed by atoms with Crippen LogP contribution in [-0.2, 0) is 13.1 Å². The summed E-state index contributed by atoms with van der Waals surface area (Å²) in [6.45, 7) is 9.81. The smallest absolute Gasteiger partial charge is 0.0483 e. The van der Waals surface area contributed by atoms with Crippen LogP contribution in [0.4, 0.5) is 0 Å².